The van der Waals surface area contributed by atoms with Crippen molar-refractivity contribution in [2.24, 2.45) is 0 Å². The van der Waals surface area contributed by atoms with Gasteiger partial charge in [-0.1, -0.05) is 23.2 Å². The van der Waals surface area contributed by atoms with Gasteiger partial charge in [-0.2, -0.15) is 10.2 Å². The predicted molar refractivity (Wildman–Crippen MR) is 90.8 cm³/mol. The molecule has 7 heteroatoms. The topological polar surface area (TPSA) is 43.6 Å². The molecule has 0 spiro atoms. The van der Waals surface area contributed by atoms with E-state index >= 15 is 0 Å². The first-order chi connectivity index (χ1) is 10.1. The first-order valence-electron chi connectivity index (χ1n) is 6.37. The van der Waals surface area contributed by atoms with Crippen LogP contribution in [-0.4, -0.2) is 19.7 Å². The number of aryl methyl sites for hydroxylation is 1. The van der Waals surface area contributed by atoms with E-state index in [9.17, 15) is 0 Å². The van der Waals surface area contributed by atoms with E-state index in [0.29, 0.717) is 16.6 Å². The van der Waals surface area contributed by atoms with E-state index in [2.05, 4.69) is 15.2 Å². The van der Waals surface area contributed by atoms with Crippen molar-refractivity contribution in [2.45, 2.75) is 13.5 Å². The van der Waals surface area contributed by atoms with E-state index in [1.807, 2.05) is 35.9 Å². The molecule has 0 saturated heterocycles. The summed E-state index contributed by atoms with van der Waals surface area (Å²) in [6, 6.07) is 7.40. The largest absolute Gasteiger partial charge is 0.329 e. The average molecular weight is 356 g/mol. The van der Waals surface area contributed by atoms with Gasteiger partial charge in [0.25, 0.3) is 0 Å². The molecule has 114 valence electrons. The third kappa shape index (κ3) is 3.77. The molecule has 0 radical (unpaired) electrons. The van der Waals surface area contributed by atoms with Crippen LogP contribution in [-0.2, 0) is 6.54 Å². The van der Waals surface area contributed by atoms with Gasteiger partial charge in [0.05, 0.1) is 18.4 Å². The molecule has 0 aliphatic heterocycles. The number of nitrogens with zero attached hydrogens (tertiary/aromatic N) is 4. The van der Waals surface area contributed by atoms with Crippen molar-refractivity contribution in [3.8, 4) is 11.1 Å². The number of imidazole rings is 1. The molecule has 4 nitrogen and oxygen atoms in total. The standard InChI is InChI=1S/C15H12Cl2N4.ClH/c1-10-18-2-3-21(10)9-15-6-12(8-19-20-15)11-4-13(16)7-14(17)5-11;/h2-8H,9H2,1H3;1H. The fourth-order valence-corrected chi connectivity index (χ4v) is 2.64. The summed E-state index contributed by atoms with van der Waals surface area (Å²) in [4.78, 5) is 4.20. The summed E-state index contributed by atoms with van der Waals surface area (Å²) < 4.78 is 2.01. The number of rotatable bonds is 3. The third-order valence-corrected chi connectivity index (χ3v) is 3.59. The fraction of sp³-hybridized carbons (Fsp3) is 0.133. The van der Waals surface area contributed by atoms with E-state index in [1.165, 1.54) is 0 Å². The molecule has 0 amide bonds. The van der Waals surface area contributed by atoms with Crippen LogP contribution in [0.15, 0.2) is 42.9 Å². The van der Waals surface area contributed by atoms with Crippen molar-refractivity contribution in [3.63, 3.8) is 0 Å². The van der Waals surface area contributed by atoms with Crippen molar-refractivity contribution in [1.29, 1.82) is 0 Å². The summed E-state index contributed by atoms with van der Waals surface area (Å²) >= 11 is 12.1. The highest BCUT2D eigenvalue weighted by Crippen LogP contribution is 2.27. The lowest BCUT2D eigenvalue weighted by Gasteiger charge is -2.07. The summed E-state index contributed by atoms with van der Waals surface area (Å²) in [5, 5.41) is 9.42. The Morgan fingerprint density at radius 1 is 1.05 bits per heavy atom. The Bertz CT molecular complexity index is 766. The molecule has 0 atom stereocenters. The van der Waals surface area contributed by atoms with Gasteiger partial charge < -0.3 is 4.57 Å². The quantitative estimate of drug-likeness (QED) is 0.698. The van der Waals surface area contributed by atoms with Crippen LogP contribution in [0.1, 0.15) is 11.5 Å². The normalized spacial score (nSPS) is 10.3. The van der Waals surface area contributed by atoms with Gasteiger partial charge in [-0.15, -0.1) is 12.4 Å². The Kier molecular flexibility index (Phi) is 5.40. The molecule has 3 rings (SSSR count). The minimum Gasteiger partial charge on any atom is -0.329 e. The van der Waals surface area contributed by atoms with Gasteiger partial charge in [0.2, 0.25) is 0 Å². The number of aromatic nitrogens is 4. The molecule has 0 aliphatic rings. The van der Waals surface area contributed by atoms with Gasteiger partial charge >= 0.3 is 0 Å². The minimum atomic E-state index is 0. The molecular formula is C15H13Cl3N4. The number of hydrogen-bond donors (Lipinski definition) is 0. The number of hydrogen-bond acceptors (Lipinski definition) is 3. The summed E-state index contributed by atoms with van der Waals surface area (Å²) in [7, 11) is 0. The lowest BCUT2D eigenvalue weighted by Crippen LogP contribution is -2.04. The van der Waals surface area contributed by atoms with Gasteiger partial charge in [0.1, 0.15) is 5.82 Å². The molecule has 2 aromatic heterocycles. The van der Waals surface area contributed by atoms with E-state index in [-0.39, 0.29) is 12.4 Å². The fourth-order valence-electron chi connectivity index (χ4n) is 2.11. The minimum absolute atomic E-state index is 0. The Morgan fingerprint density at radius 2 is 1.77 bits per heavy atom. The maximum Gasteiger partial charge on any atom is 0.105 e. The summed E-state index contributed by atoms with van der Waals surface area (Å²) in [6.07, 6.45) is 5.38. The van der Waals surface area contributed by atoms with Crippen molar-refractivity contribution in [1.82, 2.24) is 19.7 Å². The lowest BCUT2D eigenvalue weighted by atomic mass is 10.1. The van der Waals surface area contributed by atoms with Gasteiger partial charge in [0.15, 0.2) is 0 Å². The highest BCUT2D eigenvalue weighted by Gasteiger charge is 2.06. The van der Waals surface area contributed by atoms with Crippen LogP contribution in [0, 0.1) is 6.92 Å². The highest BCUT2D eigenvalue weighted by atomic mass is 35.5. The lowest BCUT2D eigenvalue weighted by molar-refractivity contribution is 0.727. The van der Waals surface area contributed by atoms with Crippen molar-refractivity contribution >= 4 is 35.6 Å². The van der Waals surface area contributed by atoms with Crippen LogP contribution in [0.25, 0.3) is 11.1 Å². The van der Waals surface area contributed by atoms with E-state index in [0.717, 1.165) is 22.6 Å². The number of benzene rings is 1. The van der Waals surface area contributed by atoms with Crippen LogP contribution in [0.2, 0.25) is 10.0 Å². The SMILES string of the molecule is Cc1nccn1Cc1cc(-c2cc(Cl)cc(Cl)c2)cnn1.Cl. The average Bonchev–Trinajstić information content (AvgIpc) is 2.84. The first kappa shape index (κ1) is 16.7. The molecule has 0 fully saturated rings. The monoisotopic (exact) mass is 354 g/mol. The van der Waals surface area contributed by atoms with Gasteiger partial charge in [-0.05, 0) is 36.8 Å². The van der Waals surface area contributed by atoms with Crippen LogP contribution in [0.5, 0.6) is 0 Å². The third-order valence-electron chi connectivity index (χ3n) is 3.16. The van der Waals surface area contributed by atoms with Crippen LogP contribution in [0.3, 0.4) is 0 Å². The van der Waals surface area contributed by atoms with Crippen molar-refractivity contribution in [2.75, 3.05) is 0 Å². The summed E-state index contributed by atoms with van der Waals surface area (Å²) in [5.41, 5.74) is 2.71. The maximum absolute atomic E-state index is 6.04. The van der Waals surface area contributed by atoms with E-state index in [1.54, 1.807) is 18.5 Å². The maximum atomic E-state index is 6.04. The van der Waals surface area contributed by atoms with E-state index < -0.39 is 0 Å². The molecule has 0 aliphatic carbocycles. The molecule has 2 heterocycles. The Hall–Kier alpha value is -1.62. The molecule has 1 aromatic carbocycles. The van der Waals surface area contributed by atoms with Gasteiger partial charge in [-0.25, -0.2) is 4.98 Å². The van der Waals surface area contributed by atoms with Crippen LogP contribution < -0.4 is 0 Å². The molecule has 0 unspecified atom stereocenters. The van der Waals surface area contributed by atoms with Crippen molar-refractivity contribution < 1.29 is 0 Å². The molecule has 0 N–H and O–H groups in total. The Balaban J connectivity index is 0.00000176. The highest BCUT2D eigenvalue weighted by molar-refractivity contribution is 6.35. The Labute approximate surface area is 144 Å². The van der Waals surface area contributed by atoms with Crippen LogP contribution in [0.4, 0.5) is 0 Å². The summed E-state index contributed by atoms with van der Waals surface area (Å²) in [6.45, 7) is 2.58. The van der Waals surface area contributed by atoms with Crippen LogP contribution >= 0.6 is 35.6 Å². The molecule has 3 aromatic rings. The second-order valence-corrected chi connectivity index (χ2v) is 5.57. The molecule has 0 saturated carbocycles. The van der Waals surface area contributed by atoms with Gasteiger partial charge in [0, 0.05) is 28.0 Å². The zero-order valence-electron chi connectivity index (χ0n) is 11.7. The predicted octanol–water partition coefficient (Wildman–Crippen LogP) is 4.43. The molecule has 22 heavy (non-hydrogen) atoms. The zero-order chi connectivity index (χ0) is 14.8. The second-order valence-electron chi connectivity index (χ2n) is 4.70. The Morgan fingerprint density at radius 3 is 2.41 bits per heavy atom. The molecule has 0 bridgehead atoms. The van der Waals surface area contributed by atoms with Crippen molar-refractivity contribution in [3.05, 3.63) is 64.4 Å². The first-order valence-corrected chi connectivity index (χ1v) is 7.13. The molecular weight excluding hydrogens is 343 g/mol. The summed E-state index contributed by atoms with van der Waals surface area (Å²) in [5.74, 6) is 0.938. The van der Waals surface area contributed by atoms with Gasteiger partial charge in [-0.3, -0.25) is 0 Å². The number of halogens is 3. The second kappa shape index (κ2) is 7.09. The van der Waals surface area contributed by atoms with E-state index in [4.69, 9.17) is 23.2 Å². The zero-order valence-corrected chi connectivity index (χ0v) is 14.0. The smallest absolute Gasteiger partial charge is 0.105 e.